The summed E-state index contributed by atoms with van der Waals surface area (Å²) in [6.45, 7) is 6.44. The predicted molar refractivity (Wildman–Crippen MR) is 107 cm³/mol. The van der Waals surface area contributed by atoms with Gasteiger partial charge >= 0.3 is 5.97 Å². The van der Waals surface area contributed by atoms with Gasteiger partial charge in [0, 0.05) is 22.8 Å². The third kappa shape index (κ3) is 11.8. The van der Waals surface area contributed by atoms with Crippen molar-refractivity contribution in [1.29, 1.82) is 0 Å². The van der Waals surface area contributed by atoms with Crippen molar-refractivity contribution in [2.75, 3.05) is 0 Å². The van der Waals surface area contributed by atoms with Gasteiger partial charge in [-0.25, -0.2) is 0 Å². The van der Waals surface area contributed by atoms with E-state index in [1.54, 1.807) is 12.1 Å². The van der Waals surface area contributed by atoms with Gasteiger partial charge in [-0.1, -0.05) is 31.9 Å². The molecule has 0 aromatic heterocycles. The van der Waals surface area contributed by atoms with Gasteiger partial charge in [0.05, 0.1) is 0 Å². The molecule has 1 N–H and O–H groups in total. The second-order valence-corrected chi connectivity index (χ2v) is 7.27. The first kappa shape index (κ1) is 23.6. The lowest BCUT2D eigenvalue weighted by atomic mass is 10.2. The minimum atomic E-state index is -0.361. The Morgan fingerprint density at radius 2 is 1.40 bits per heavy atom. The molecule has 7 heteroatoms. The van der Waals surface area contributed by atoms with E-state index in [2.05, 4.69) is 43.5 Å². The summed E-state index contributed by atoms with van der Waals surface area (Å²) in [4.78, 5) is 19.8. The molecule has 0 radical (unpaired) electrons. The quantitative estimate of drug-likeness (QED) is 0.304. The predicted octanol–water partition coefficient (Wildman–Crippen LogP) is 5.92. The average Bonchev–Trinajstić information content (AvgIpc) is 2.46. The zero-order chi connectivity index (χ0) is 19.6. The molecule has 0 spiro atoms. The van der Waals surface area contributed by atoms with Crippen molar-refractivity contribution in [3.8, 4) is 11.5 Å². The molecule has 25 heavy (non-hydrogen) atoms. The summed E-state index contributed by atoms with van der Waals surface area (Å²) in [6, 6.07) is 10.8. The molecule has 0 saturated heterocycles. The molecule has 0 bridgehead atoms. The molecule has 0 aliphatic rings. The van der Waals surface area contributed by atoms with Gasteiger partial charge in [0.1, 0.15) is 11.5 Å². The fraction of sp³-hybridized carbons (Fsp3) is 0.222. The van der Waals surface area contributed by atoms with E-state index in [-0.39, 0.29) is 11.2 Å². The number of benzene rings is 2. The Morgan fingerprint density at radius 1 is 0.960 bits per heavy atom. The number of hydrogen-bond acceptors (Lipinski definition) is 4. The Labute approximate surface area is 169 Å². The molecule has 0 saturated carbocycles. The Balaban J connectivity index is 0.000000391. The Hall–Kier alpha value is -1.37. The number of phenols is 1. The number of phenolic OH excluding ortho intramolecular Hbond substituents is 1. The minimum Gasteiger partial charge on any atom is -0.508 e. The Kier molecular flexibility index (Phi) is 11.4. The van der Waals surface area contributed by atoms with E-state index in [0.717, 1.165) is 20.1 Å². The average molecular weight is 495 g/mol. The van der Waals surface area contributed by atoms with Gasteiger partial charge in [0.2, 0.25) is 5.24 Å². The number of hydrogen-bond donors (Lipinski definition) is 1. The number of rotatable bonds is 1. The number of carbonyl (C=O) groups excluding carboxylic acids is 2. The maximum atomic E-state index is 10.6. The van der Waals surface area contributed by atoms with Gasteiger partial charge in [0.15, 0.2) is 0 Å². The van der Waals surface area contributed by atoms with Crippen LogP contribution in [-0.2, 0) is 9.59 Å². The molecule has 2 aromatic rings. The van der Waals surface area contributed by atoms with Crippen molar-refractivity contribution in [2.45, 2.75) is 27.7 Å². The van der Waals surface area contributed by atoms with Crippen LogP contribution < -0.4 is 4.74 Å². The summed E-state index contributed by atoms with van der Waals surface area (Å²) < 4.78 is 6.92. The molecule has 0 fully saturated rings. The van der Waals surface area contributed by atoms with Gasteiger partial charge in [0.25, 0.3) is 0 Å². The largest absolute Gasteiger partial charge is 0.508 e. The van der Waals surface area contributed by atoms with Crippen molar-refractivity contribution in [1.82, 2.24) is 0 Å². The van der Waals surface area contributed by atoms with Crippen LogP contribution in [0.2, 0.25) is 0 Å². The van der Waals surface area contributed by atoms with Crippen molar-refractivity contribution >= 4 is 54.7 Å². The SMILES string of the molecule is CC(=O)Cl.CC(=O)Oc1ccc(Br)cc1C.Cc1cc(Br)ccc1O. The first-order chi connectivity index (χ1) is 11.5. The molecule has 2 aromatic carbocycles. The molecule has 0 aliphatic heterocycles. The standard InChI is InChI=1S/C9H9BrO2.C7H7BrO.C2H3ClO/c1-6-5-8(10)3-4-9(6)12-7(2)11;1-5-4-6(8)2-3-7(5)9;1-2(3)4/h3-5H,1-2H3;2-4,9H,1H3;1H3. The highest BCUT2D eigenvalue weighted by atomic mass is 79.9. The lowest BCUT2D eigenvalue weighted by Crippen LogP contribution is -2.02. The van der Waals surface area contributed by atoms with Crippen LogP contribution in [-0.4, -0.2) is 16.3 Å². The van der Waals surface area contributed by atoms with Crippen LogP contribution in [0.1, 0.15) is 25.0 Å². The summed E-state index contributed by atoms with van der Waals surface area (Å²) in [5.41, 5.74) is 1.84. The minimum absolute atomic E-state index is 0.291. The summed E-state index contributed by atoms with van der Waals surface area (Å²) in [5.74, 6) is 0.671. The Morgan fingerprint density at radius 3 is 1.76 bits per heavy atom. The van der Waals surface area contributed by atoms with Crippen molar-refractivity contribution in [3.05, 3.63) is 56.5 Å². The van der Waals surface area contributed by atoms with Gasteiger partial charge < -0.3 is 9.84 Å². The smallest absolute Gasteiger partial charge is 0.308 e. The summed E-state index contributed by atoms with van der Waals surface area (Å²) in [5, 5.41) is 8.66. The molecule has 4 nitrogen and oxygen atoms in total. The zero-order valence-corrected chi connectivity index (χ0v) is 18.2. The first-order valence-corrected chi connectivity index (χ1v) is 9.05. The highest BCUT2D eigenvalue weighted by molar-refractivity contribution is 9.10. The van der Waals surface area contributed by atoms with Crippen LogP contribution in [0.4, 0.5) is 0 Å². The summed E-state index contributed by atoms with van der Waals surface area (Å²) in [6.07, 6.45) is 0. The van der Waals surface area contributed by atoms with Crippen LogP contribution >= 0.6 is 43.5 Å². The topological polar surface area (TPSA) is 63.6 Å². The van der Waals surface area contributed by atoms with Crippen LogP contribution in [0.5, 0.6) is 11.5 Å². The van der Waals surface area contributed by atoms with Crippen LogP contribution in [0.3, 0.4) is 0 Å². The summed E-state index contributed by atoms with van der Waals surface area (Å²) >= 11 is 11.2. The van der Waals surface area contributed by atoms with E-state index in [1.165, 1.54) is 13.8 Å². The second kappa shape index (κ2) is 12.1. The highest BCUT2D eigenvalue weighted by Crippen LogP contribution is 2.22. The van der Waals surface area contributed by atoms with Crippen LogP contribution in [0, 0.1) is 13.8 Å². The number of halogens is 3. The molecule has 0 amide bonds. The van der Waals surface area contributed by atoms with Gasteiger partial charge in [-0.15, -0.1) is 0 Å². The zero-order valence-electron chi connectivity index (χ0n) is 14.3. The molecule has 2 rings (SSSR count). The molecule has 136 valence electrons. The molecule has 0 atom stereocenters. The van der Waals surface area contributed by atoms with Crippen molar-refractivity contribution < 1.29 is 19.4 Å². The van der Waals surface area contributed by atoms with Crippen LogP contribution in [0.15, 0.2) is 45.3 Å². The van der Waals surface area contributed by atoms with E-state index in [9.17, 15) is 9.59 Å². The summed E-state index contributed by atoms with van der Waals surface area (Å²) in [7, 11) is 0. The maximum absolute atomic E-state index is 10.6. The van der Waals surface area contributed by atoms with E-state index in [0.29, 0.717) is 11.5 Å². The molecule has 0 unspecified atom stereocenters. The molecular formula is C18H19Br2ClO4. The van der Waals surface area contributed by atoms with Crippen molar-refractivity contribution in [2.24, 2.45) is 0 Å². The third-order valence-corrected chi connectivity index (χ3v) is 3.54. The van der Waals surface area contributed by atoms with E-state index >= 15 is 0 Å². The van der Waals surface area contributed by atoms with E-state index in [4.69, 9.17) is 9.84 Å². The number of aryl methyl sites for hydroxylation is 2. The highest BCUT2D eigenvalue weighted by Gasteiger charge is 2.01. The normalized spacial score (nSPS) is 9.08. The number of carbonyl (C=O) groups is 2. The molecule has 0 heterocycles. The van der Waals surface area contributed by atoms with Gasteiger partial charge in [-0.05, 0) is 73.0 Å². The molecular weight excluding hydrogens is 475 g/mol. The van der Waals surface area contributed by atoms with E-state index in [1.807, 2.05) is 38.1 Å². The lowest BCUT2D eigenvalue weighted by molar-refractivity contribution is -0.131. The van der Waals surface area contributed by atoms with Crippen LogP contribution in [0.25, 0.3) is 0 Å². The second-order valence-electron chi connectivity index (χ2n) is 4.90. The third-order valence-electron chi connectivity index (χ3n) is 2.55. The fourth-order valence-corrected chi connectivity index (χ4v) is 2.45. The van der Waals surface area contributed by atoms with Crippen molar-refractivity contribution in [3.63, 3.8) is 0 Å². The molecule has 0 aliphatic carbocycles. The first-order valence-electron chi connectivity index (χ1n) is 7.08. The fourth-order valence-electron chi connectivity index (χ4n) is 1.50. The number of esters is 1. The maximum Gasteiger partial charge on any atom is 0.308 e. The lowest BCUT2D eigenvalue weighted by Gasteiger charge is -2.04. The van der Waals surface area contributed by atoms with E-state index < -0.39 is 0 Å². The number of aromatic hydroxyl groups is 1. The van der Waals surface area contributed by atoms with Gasteiger partial charge in [-0.2, -0.15) is 0 Å². The Bertz CT molecular complexity index is 729. The van der Waals surface area contributed by atoms with Gasteiger partial charge in [-0.3, -0.25) is 9.59 Å². The monoisotopic (exact) mass is 492 g/mol. The number of ether oxygens (including phenoxy) is 1.